The maximum atomic E-state index is 8.51. The van der Waals surface area contributed by atoms with Gasteiger partial charge in [0.05, 0.1) is 0 Å². The van der Waals surface area contributed by atoms with Crippen molar-refractivity contribution in [3.63, 3.8) is 0 Å². The summed E-state index contributed by atoms with van der Waals surface area (Å²) >= 11 is 0. The second kappa shape index (κ2) is 8.21. The van der Waals surface area contributed by atoms with E-state index in [4.69, 9.17) is 5.11 Å². The molecule has 1 aromatic heterocycles. The first-order valence-corrected chi connectivity index (χ1v) is 4.43. The van der Waals surface area contributed by atoms with Crippen LogP contribution >= 0.6 is 0 Å². The zero-order valence-corrected chi connectivity index (χ0v) is 7.83. The molecule has 1 rings (SSSR count). The number of aromatic nitrogens is 1. The molecule has 0 aliphatic carbocycles. The van der Waals surface area contributed by atoms with Crippen molar-refractivity contribution < 1.29 is 5.11 Å². The summed E-state index contributed by atoms with van der Waals surface area (Å²) in [5, 5.41) is 8.51. The molecule has 0 saturated heterocycles. The summed E-state index contributed by atoms with van der Waals surface area (Å²) < 4.78 is 0. The van der Waals surface area contributed by atoms with Crippen LogP contribution in [0.1, 0.15) is 25.8 Å². The molecule has 0 unspecified atom stereocenters. The second-order valence-corrected chi connectivity index (χ2v) is 2.18. The van der Waals surface area contributed by atoms with Crippen molar-refractivity contribution in [2.24, 2.45) is 0 Å². The summed E-state index contributed by atoms with van der Waals surface area (Å²) in [4.78, 5) is 3.89. The van der Waals surface area contributed by atoms with Crippen molar-refractivity contribution in [2.45, 2.75) is 26.7 Å². The number of nitrogens with zero attached hydrogens (tertiary/aromatic N) is 1. The Morgan fingerprint density at radius 2 is 1.83 bits per heavy atom. The van der Waals surface area contributed by atoms with Crippen LogP contribution in [0.15, 0.2) is 24.5 Å². The second-order valence-electron chi connectivity index (χ2n) is 2.18. The first kappa shape index (κ1) is 11.1. The minimum absolute atomic E-state index is 0.266. The summed E-state index contributed by atoms with van der Waals surface area (Å²) in [6, 6.07) is 3.94. The fraction of sp³-hybridized carbons (Fsp3) is 0.500. The van der Waals surface area contributed by atoms with Crippen LogP contribution in [0.2, 0.25) is 0 Å². The van der Waals surface area contributed by atoms with Gasteiger partial charge in [0.1, 0.15) is 0 Å². The third-order valence-electron chi connectivity index (χ3n) is 1.37. The number of pyridine rings is 1. The number of rotatable bonds is 3. The van der Waals surface area contributed by atoms with E-state index >= 15 is 0 Å². The van der Waals surface area contributed by atoms with E-state index in [1.54, 1.807) is 12.4 Å². The summed E-state index contributed by atoms with van der Waals surface area (Å²) in [5.74, 6) is 0. The highest BCUT2D eigenvalue weighted by atomic mass is 16.2. The number of hydrogen-bond acceptors (Lipinski definition) is 2. The van der Waals surface area contributed by atoms with Crippen LogP contribution < -0.4 is 0 Å². The SMILES string of the molecule is CC.OCCCc1ccncc1. The van der Waals surface area contributed by atoms with Crippen LogP contribution in [-0.2, 0) is 6.42 Å². The minimum Gasteiger partial charge on any atom is -0.396 e. The van der Waals surface area contributed by atoms with Gasteiger partial charge in [-0.05, 0) is 30.5 Å². The average Bonchev–Trinajstić information content (AvgIpc) is 2.19. The Morgan fingerprint density at radius 3 is 2.33 bits per heavy atom. The van der Waals surface area contributed by atoms with Crippen molar-refractivity contribution in [3.8, 4) is 0 Å². The van der Waals surface area contributed by atoms with Gasteiger partial charge in [-0.1, -0.05) is 13.8 Å². The molecule has 68 valence electrons. The molecular formula is C10H17NO. The third kappa shape index (κ3) is 4.85. The van der Waals surface area contributed by atoms with Crippen molar-refractivity contribution in [1.29, 1.82) is 0 Å². The highest BCUT2D eigenvalue weighted by Crippen LogP contribution is 1.99. The van der Waals surface area contributed by atoms with Gasteiger partial charge < -0.3 is 5.11 Å². The molecule has 0 spiro atoms. The first-order valence-electron chi connectivity index (χ1n) is 4.43. The lowest BCUT2D eigenvalue weighted by molar-refractivity contribution is 0.288. The minimum atomic E-state index is 0.266. The number of aryl methyl sites for hydroxylation is 1. The van der Waals surface area contributed by atoms with E-state index in [0.717, 1.165) is 12.8 Å². The molecular weight excluding hydrogens is 150 g/mol. The van der Waals surface area contributed by atoms with Crippen molar-refractivity contribution in [3.05, 3.63) is 30.1 Å². The molecule has 0 fully saturated rings. The van der Waals surface area contributed by atoms with E-state index in [1.165, 1.54) is 5.56 Å². The Morgan fingerprint density at radius 1 is 1.25 bits per heavy atom. The van der Waals surface area contributed by atoms with Gasteiger partial charge in [-0.2, -0.15) is 0 Å². The molecule has 2 heteroatoms. The smallest absolute Gasteiger partial charge is 0.0434 e. The summed E-state index contributed by atoms with van der Waals surface area (Å²) in [7, 11) is 0. The van der Waals surface area contributed by atoms with Crippen molar-refractivity contribution >= 4 is 0 Å². The molecule has 1 N–H and O–H groups in total. The van der Waals surface area contributed by atoms with Crippen LogP contribution in [0.3, 0.4) is 0 Å². The maximum absolute atomic E-state index is 8.51. The van der Waals surface area contributed by atoms with Gasteiger partial charge in [0.15, 0.2) is 0 Å². The standard InChI is InChI=1S/C8H11NO.C2H6/c10-7-1-2-8-3-5-9-6-4-8;1-2/h3-6,10H,1-2,7H2;1-2H3. The Hall–Kier alpha value is -0.890. The summed E-state index contributed by atoms with van der Waals surface area (Å²) in [6.07, 6.45) is 5.32. The molecule has 1 heterocycles. The molecule has 0 saturated carbocycles. The van der Waals surface area contributed by atoms with Gasteiger partial charge in [-0.15, -0.1) is 0 Å². The average molecular weight is 167 g/mol. The van der Waals surface area contributed by atoms with Crippen LogP contribution in [0.4, 0.5) is 0 Å². The quantitative estimate of drug-likeness (QED) is 0.747. The van der Waals surface area contributed by atoms with Gasteiger partial charge in [0.25, 0.3) is 0 Å². The van der Waals surface area contributed by atoms with E-state index in [2.05, 4.69) is 4.98 Å². The molecule has 0 aromatic carbocycles. The predicted molar refractivity (Wildman–Crippen MR) is 51.0 cm³/mol. The fourth-order valence-corrected chi connectivity index (χ4v) is 0.833. The highest BCUT2D eigenvalue weighted by Gasteiger charge is 1.88. The van der Waals surface area contributed by atoms with Crippen molar-refractivity contribution in [1.82, 2.24) is 4.98 Å². The molecule has 0 aliphatic heterocycles. The zero-order valence-electron chi connectivity index (χ0n) is 7.83. The van der Waals surface area contributed by atoms with Gasteiger partial charge in [-0.3, -0.25) is 4.98 Å². The molecule has 0 amide bonds. The molecule has 2 nitrogen and oxygen atoms in total. The lowest BCUT2D eigenvalue weighted by atomic mass is 10.1. The predicted octanol–water partition coefficient (Wildman–Crippen LogP) is 2.03. The number of hydrogen-bond donors (Lipinski definition) is 1. The number of aliphatic hydroxyl groups excluding tert-OH is 1. The van der Waals surface area contributed by atoms with E-state index < -0.39 is 0 Å². The summed E-state index contributed by atoms with van der Waals surface area (Å²) in [5.41, 5.74) is 1.24. The topological polar surface area (TPSA) is 33.1 Å². The maximum Gasteiger partial charge on any atom is 0.0434 e. The summed E-state index contributed by atoms with van der Waals surface area (Å²) in [6.45, 7) is 4.27. The Bertz CT molecular complexity index is 174. The fourth-order valence-electron chi connectivity index (χ4n) is 0.833. The molecule has 0 aliphatic rings. The first-order chi connectivity index (χ1) is 5.93. The molecule has 0 bridgehead atoms. The van der Waals surface area contributed by atoms with Gasteiger partial charge >= 0.3 is 0 Å². The van der Waals surface area contributed by atoms with Gasteiger partial charge in [0.2, 0.25) is 0 Å². The van der Waals surface area contributed by atoms with Gasteiger partial charge in [0, 0.05) is 19.0 Å². The molecule has 12 heavy (non-hydrogen) atoms. The van der Waals surface area contributed by atoms with Crippen LogP contribution in [0.5, 0.6) is 0 Å². The van der Waals surface area contributed by atoms with Gasteiger partial charge in [-0.25, -0.2) is 0 Å². The van der Waals surface area contributed by atoms with E-state index in [9.17, 15) is 0 Å². The van der Waals surface area contributed by atoms with E-state index in [-0.39, 0.29) is 6.61 Å². The molecule has 0 atom stereocenters. The van der Waals surface area contributed by atoms with Crippen LogP contribution in [0, 0.1) is 0 Å². The van der Waals surface area contributed by atoms with Crippen LogP contribution in [0.25, 0.3) is 0 Å². The zero-order chi connectivity index (χ0) is 9.23. The Kier molecular flexibility index (Phi) is 7.60. The lowest BCUT2D eigenvalue weighted by Crippen LogP contribution is -1.88. The third-order valence-corrected chi connectivity index (χ3v) is 1.37. The molecule has 1 aromatic rings. The van der Waals surface area contributed by atoms with E-state index in [1.807, 2.05) is 26.0 Å². The van der Waals surface area contributed by atoms with Crippen LogP contribution in [-0.4, -0.2) is 16.7 Å². The highest BCUT2D eigenvalue weighted by molar-refractivity contribution is 5.09. The Balaban J connectivity index is 0.000000561. The van der Waals surface area contributed by atoms with Crippen molar-refractivity contribution in [2.75, 3.05) is 6.61 Å². The lowest BCUT2D eigenvalue weighted by Gasteiger charge is -1.95. The largest absolute Gasteiger partial charge is 0.396 e. The monoisotopic (exact) mass is 167 g/mol. The number of aliphatic hydroxyl groups is 1. The van der Waals surface area contributed by atoms with E-state index in [0.29, 0.717) is 0 Å². The Labute approximate surface area is 74.3 Å². The normalized spacial score (nSPS) is 8.58. The molecule has 0 radical (unpaired) electrons.